The minimum atomic E-state index is 0.244. The molecule has 2 aromatic heterocycles. The van der Waals surface area contributed by atoms with Crippen LogP contribution in [0.2, 0.25) is 0 Å². The first kappa shape index (κ1) is 14.1. The fourth-order valence-corrected chi connectivity index (χ4v) is 3.81. The number of piperazine rings is 1. The summed E-state index contributed by atoms with van der Waals surface area (Å²) in [7, 11) is 0. The lowest BCUT2D eigenvalue weighted by Crippen LogP contribution is -2.46. The number of hydrogen-bond acceptors (Lipinski definition) is 6. The number of aliphatic hydroxyl groups excluding tert-OH is 1. The van der Waals surface area contributed by atoms with Crippen molar-refractivity contribution >= 4 is 27.5 Å². The van der Waals surface area contributed by atoms with Crippen molar-refractivity contribution in [3.05, 3.63) is 30.1 Å². The fourth-order valence-electron chi connectivity index (χ4n) is 3.06. The minimum absolute atomic E-state index is 0.244. The van der Waals surface area contributed by atoms with Crippen LogP contribution in [0.15, 0.2) is 24.3 Å². The Hall–Kier alpha value is -1.54. The SMILES string of the molecule is OCCN1CCN(Cc2nsc3nc4ccccc4n23)CC1. The number of fused-ring (bicyclic) bond motifs is 3. The number of nitrogens with zero attached hydrogens (tertiary/aromatic N) is 5. The van der Waals surface area contributed by atoms with E-state index < -0.39 is 0 Å². The van der Waals surface area contributed by atoms with Crippen LogP contribution in [0.1, 0.15) is 5.82 Å². The number of β-amino-alcohol motifs (C(OH)–C–C–N with tert-alkyl or cyclic N) is 1. The van der Waals surface area contributed by atoms with Crippen molar-refractivity contribution in [3.63, 3.8) is 0 Å². The van der Waals surface area contributed by atoms with E-state index in [1.165, 1.54) is 11.5 Å². The molecule has 1 aromatic carbocycles. The molecule has 0 saturated carbocycles. The molecule has 3 heterocycles. The van der Waals surface area contributed by atoms with Crippen molar-refractivity contribution in [2.75, 3.05) is 39.3 Å². The molecule has 1 aliphatic heterocycles. The molecule has 4 rings (SSSR count). The molecule has 0 amide bonds. The maximum absolute atomic E-state index is 9.01. The van der Waals surface area contributed by atoms with Gasteiger partial charge in [-0.15, -0.1) is 0 Å². The highest BCUT2D eigenvalue weighted by Crippen LogP contribution is 2.22. The summed E-state index contributed by atoms with van der Waals surface area (Å²) in [6.07, 6.45) is 0. The van der Waals surface area contributed by atoms with Gasteiger partial charge < -0.3 is 5.11 Å². The van der Waals surface area contributed by atoms with Crippen molar-refractivity contribution in [2.45, 2.75) is 6.54 Å². The van der Waals surface area contributed by atoms with Gasteiger partial charge in [0.05, 0.1) is 24.2 Å². The Bertz CT molecular complexity index is 775. The maximum atomic E-state index is 9.01. The van der Waals surface area contributed by atoms with Crippen molar-refractivity contribution in [1.29, 1.82) is 0 Å². The molecule has 0 atom stereocenters. The first-order chi connectivity index (χ1) is 10.8. The van der Waals surface area contributed by atoms with Gasteiger partial charge in [-0.05, 0) is 12.1 Å². The minimum Gasteiger partial charge on any atom is -0.395 e. The predicted octanol–water partition coefficient (Wildman–Crippen LogP) is 1.05. The van der Waals surface area contributed by atoms with Crippen molar-refractivity contribution < 1.29 is 5.11 Å². The molecule has 0 radical (unpaired) electrons. The molecule has 7 heteroatoms. The van der Waals surface area contributed by atoms with Crippen LogP contribution in [-0.2, 0) is 6.54 Å². The number of aromatic nitrogens is 3. The molecule has 0 unspecified atom stereocenters. The first-order valence-corrected chi connectivity index (χ1v) is 8.40. The number of hydrogen-bond donors (Lipinski definition) is 1. The van der Waals surface area contributed by atoms with E-state index in [0.29, 0.717) is 0 Å². The zero-order valence-corrected chi connectivity index (χ0v) is 13.2. The molecule has 0 aliphatic carbocycles. The standard InChI is InChI=1S/C15H19N5OS/c21-10-9-18-5-7-19(8-6-18)11-14-17-22-15-16-12-3-1-2-4-13(12)20(14)15/h1-4,21H,5-11H2. The molecule has 22 heavy (non-hydrogen) atoms. The lowest BCUT2D eigenvalue weighted by atomic mass is 10.3. The summed E-state index contributed by atoms with van der Waals surface area (Å²) >= 11 is 1.47. The number of rotatable bonds is 4. The van der Waals surface area contributed by atoms with E-state index in [0.717, 1.165) is 61.1 Å². The van der Waals surface area contributed by atoms with E-state index in [2.05, 4.69) is 29.6 Å². The Morgan fingerprint density at radius 2 is 1.86 bits per heavy atom. The topological polar surface area (TPSA) is 56.9 Å². The van der Waals surface area contributed by atoms with E-state index in [1.807, 2.05) is 18.2 Å². The maximum Gasteiger partial charge on any atom is 0.214 e. The lowest BCUT2D eigenvalue weighted by molar-refractivity contribution is 0.107. The van der Waals surface area contributed by atoms with Crippen LogP contribution in [-0.4, -0.2) is 68.0 Å². The van der Waals surface area contributed by atoms with Gasteiger partial charge in [0.1, 0.15) is 5.82 Å². The van der Waals surface area contributed by atoms with Gasteiger partial charge in [-0.25, -0.2) is 4.98 Å². The van der Waals surface area contributed by atoms with E-state index in [9.17, 15) is 0 Å². The molecule has 1 saturated heterocycles. The molecule has 1 N–H and O–H groups in total. The van der Waals surface area contributed by atoms with Gasteiger partial charge in [0.15, 0.2) is 0 Å². The van der Waals surface area contributed by atoms with E-state index >= 15 is 0 Å². The third kappa shape index (κ3) is 2.50. The zero-order valence-electron chi connectivity index (χ0n) is 12.4. The highest BCUT2D eigenvalue weighted by Gasteiger charge is 2.19. The van der Waals surface area contributed by atoms with Gasteiger partial charge in [0.2, 0.25) is 4.96 Å². The van der Waals surface area contributed by atoms with Gasteiger partial charge in [-0.1, -0.05) is 12.1 Å². The van der Waals surface area contributed by atoms with E-state index in [-0.39, 0.29) is 6.61 Å². The van der Waals surface area contributed by atoms with Crippen molar-refractivity contribution in [1.82, 2.24) is 23.6 Å². The van der Waals surface area contributed by atoms with Gasteiger partial charge in [-0.3, -0.25) is 14.2 Å². The first-order valence-electron chi connectivity index (χ1n) is 7.62. The van der Waals surface area contributed by atoms with E-state index in [1.54, 1.807) is 0 Å². The summed E-state index contributed by atoms with van der Waals surface area (Å²) in [5.41, 5.74) is 2.17. The summed E-state index contributed by atoms with van der Waals surface area (Å²) < 4.78 is 6.78. The normalized spacial score (nSPS) is 17.7. The van der Waals surface area contributed by atoms with Crippen LogP contribution in [0, 0.1) is 0 Å². The van der Waals surface area contributed by atoms with Crippen LogP contribution in [0.4, 0.5) is 0 Å². The quantitative estimate of drug-likeness (QED) is 0.780. The smallest absolute Gasteiger partial charge is 0.214 e. The molecule has 1 fully saturated rings. The third-order valence-electron chi connectivity index (χ3n) is 4.27. The summed E-state index contributed by atoms with van der Waals surface area (Å²) in [6, 6.07) is 8.22. The second-order valence-electron chi connectivity index (χ2n) is 5.66. The molecular formula is C15H19N5OS. The van der Waals surface area contributed by atoms with Crippen LogP contribution in [0.5, 0.6) is 0 Å². The van der Waals surface area contributed by atoms with Gasteiger partial charge in [0.25, 0.3) is 0 Å². The Morgan fingerprint density at radius 1 is 1.09 bits per heavy atom. The molecule has 6 nitrogen and oxygen atoms in total. The summed E-state index contributed by atoms with van der Waals surface area (Å²) in [4.78, 5) is 10.3. The van der Waals surface area contributed by atoms with Crippen molar-refractivity contribution in [3.8, 4) is 0 Å². The largest absolute Gasteiger partial charge is 0.395 e. The van der Waals surface area contributed by atoms with Gasteiger partial charge in [0, 0.05) is 44.3 Å². The Morgan fingerprint density at radius 3 is 2.68 bits per heavy atom. The van der Waals surface area contributed by atoms with Crippen molar-refractivity contribution in [2.24, 2.45) is 0 Å². The summed E-state index contributed by atoms with van der Waals surface area (Å²) in [6.45, 7) is 5.94. The monoisotopic (exact) mass is 317 g/mol. The second kappa shape index (κ2) is 5.92. The molecular weight excluding hydrogens is 298 g/mol. The molecule has 0 spiro atoms. The third-order valence-corrected chi connectivity index (χ3v) is 5.01. The van der Waals surface area contributed by atoms with E-state index in [4.69, 9.17) is 5.11 Å². The average Bonchev–Trinajstić information content (AvgIpc) is 3.09. The summed E-state index contributed by atoms with van der Waals surface area (Å²) in [5, 5.41) is 9.01. The Labute approximate surface area is 132 Å². The van der Waals surface area contributed by atoms with Crippen LogP contribution in [0.3, 0.4) is 0 Å². The molecule has 3 aromatic rings. The van der Waals surface area contributed by atoms with Crippen LogP contribution < -0.4 is 0 Å². The highest BCUT2D eigenvalue weighted by molar-refractivity contribution is 7.11. The van der Waals surface area contributed by atoms with Crippen LogP contribution in [0.25, 0.3) is 16.0 Å². The molecule has 0 bridgehead atoms. The van der Waals surface area contributed by atoms with Gasteiger partial charge in [-0.2, -0.15) is 4.37 Å². The second-order valence-corrected chi connectivity index (χ2v) is 6.39. The Balaban J connectivity index is 1.55. The lowest BCUT2D eigenvalue weighted by Gasteiger charge is -2.33. The number of imidazole rings is 1. The summed E-state index contributed by atoms with van der Waals surface area (Å²) in [5.74, 6) is 1.07. The fraction of sp³-hybridized carbons (Fsp3) is 0.467. The van der Waals surface area contributed by atoms with Crippen LogP contribution >= 0.6 is 11.5 Å². The Kier molecular flexibility index (Phi) is 3.79. The molecule has 116 valence electrons. The zero-order chi connectivity index (χ0) is 14.9. The predicted molar refractivity (Wildman–Crippen MR) is 87.2 cm³/mol. The number of aliphatic hydroxyl groups is 1. The van der Waals surface area contributed by atoms with Gasteiger partial charge >= 0.3 is 0 Å². The number of benzene rings is 1. The highest BCUT2D eigenvalue weighted by atomic mass is 32.1. The number of para-hydroxylation sites is 2. The average molecular weight is 317 g/mol. The molecule has 1 aliphatic rings.